The fourth-order valence-electron chi connectivity index (χ4n) is 2.38. The molecule has 1 unspecified atom stereocenters. The van der Waals surface area contributed by atoms with Crippen LogP contribution in [0.25, 0.3) is 0 Å². The van der Waals surface area contributed by atoms with E-state index < -0.39 is 0 Å². The normalized spacial score (nSPS) is 12.5. The van der Waals surface area contributed by atoms with Crippen LogP contribution in [0, 0.1) is 13.8 Å². The molecule has 0 saturated heterocycles. The summed E-state index contributed by atoms with van der Waals surface area (Å²) < 4.78 is 7.06. The van der Waals surface area contributed by atoms with Crippen LogP contribution in [0.4, 0.5) is 0 Å². The van der Waals surface area contributed by atoms with Crippen LogP contribution >= 0.6 is 11.6 Å². The molecule has 0 fully saturated rings. The van der Waals surface area contributed by atoms with Crippen molar-refractivity contribution in [1.29, 1.82) is 0 Å². The summed E-state index contributed by atoms with van der Waals surface area (Å²) >= 11 is 6.26. The predicted molar refractivity (Wildman–Crippen MR) is 81.3 cm³/mol. The Bertz CT molecular complexity index is 622. The van der Waals surface area contributed by atoms with Crippen molar-refractivity contribution in [3.8, 4) is 5.75 Å². The Morgan fingerprint density at radius 1 is 1.40 bits per heavy atom. The largest absolute Gasteiger partial charge is 0.496 e. The number of aromatic nitrogens is 2. The number of hydrogen-bond acceptors (Lipinski definition) is 3. The van der Waals surface area contributed by atoms with E-state index in [0.717, 1.165) is 28.1 Å². The Balaban J connectivity index is 2.32. The Hall–Kier alpha value is -1.52. The van der Waals surface area contributed by atoms with E-state index in [2.05, 4.69) is 11.2 Å². The molecule has 0 aliphatic carbocycles. The first kappa shape index (κ1) is 14.9. The third-order valence-electron chi connectivity index (χ3n) is 3.48. The number of aryl methyl sites for hydroxylation is 3. The third kappa shape index (κ3) is 2.81. The minimum Gasteiger partial charge on any atom is -0.496 e. The molecule has 20 heavy (non-hydrogen) atoms. The average molecular weight is 294 g/mol. The van der Waals surface area contributed by atoms with Gasteiger partial charge in [-0.25, -0.2) is 0 Å². The van der Waals surface area contributed by atoms with Crippen LogP contribution in [-0.4, -0.2) is 16.9 Å². The lowest BCUT2D eigenvalue weighted by molar-refractivity contribution is 0.405. The van der Waals surface area contributed by atoms with Gasteiger partial charge in [0.15, 0.2) is 0 Å². The number of ether oxygens (including phenoxy) is 1. The van der Waals surface area contributed by atoms with Gasteiger partial charge in [-0.05, 0) is 26.3 Å². The molecule has 2 N–H and O–H groups in total. The zero-order valence-electron chi connectivity index (χ0n) is 12.3. The van der Waals surface area contributed by atoms with Gasteiger partial charge in [0, 0.05) is 24.2 Å². The second-order valence-electron chi connectivity index (χ2n) is 5.03. The number of halogens is 1. The molecule has 1 aromatic heterocycles. The maximum absolute atomic E-state index is 6.34. The molecule has 1 atom stereocenters. The van der Waals surface area contributed by atoms with Crippen molar-refractivity contribution in [3.63, 3.8) is 0 Å². The van der Waals surface area contributed by atoms with Gasteiger partial charge in [0.1, 0.15) is 10.9 Å². The van der Waals surface area contributed by atoms with E-state index in [1.807, 2.05) is 33.0 Å². The second kappa shape index (κ2) is 5.85. The van der Waals surface area contributed by atoms with Crippen LogP contribution < -0.4 is 10.5 Å². The lowest BCUT2D eigenvalue weighted by Crippen LogP contribution is -2.15. The minimum atomic E-state index is -0.176. The van der Waals surface area contributed by atoms with E-state index >= 15 is 0 Å². The van der Waals surface area contributed by atoms with Crippen LogP contribution in [0.15, 0.2) is 18.2 Å². The summed E-state index contributed by atoms with van der Waals surface area (Å²) in [6.07, 6.45) is 0.637. The topological polar surface area (TPSA) is 53.1 Å². The summed E-state index contributed by atoms with van der Waals surface area (Å²) in [4.78, 5) is 0. The van der Waals surface area contributed by atoms with Gasteiger partial charge in [0.2, 0.25) is 0 Å². The lowest BCUT2D eigenvalue weighted by atomic mass is 9.98. The zero-order valence-corrected chi connectivity index (χ0v) is 13.0. The number of nitrogens with two attached hydrogens (primary N) is 1. The molecule has 0 bridgehead atoms. The molecule has 0 radical (unpaired) electrons. The van der Waals surface area contributed by atoms with Crippen LogP contribution in [0.3, 0.4) is 0 Å². The molecule has 108 valence electrons. The molecule has 0 aliphatic rings. The predicted octanol–water partition coefficient (Wildman–Crippen LogP) is 2.94. The first-order chi connectivity index (χ1) is 9.43. The zero-order chi connectivity index (χ0) is 14.9. The summed E-state index contributed by atoms with van der Waals surface area (Å²) in [7, 11) is 3.49. The molecule has 0 spiro atoms. The molecule has 0 saturated carbocycles. The Labute approximate surface area is 124 Å². The maximum atomic E-state index is 6.34. The highest BCUT2D eigenvalue weighted by atomic mass is 35.5. The molecule has 0 amide bonds. The van der Waals surface area contributed by atoms with Crippen molar-refractivity contribution < 1.29 is 4.74 Å². The number of methoxy groups -OCH3 is 1. The third-order valence-corrected chi connectivity index (χ3v) is 3.95. The molecule has 5 heteroatoms. The summed E-state index contributed by atoms with van der Waals surface area (Å²) in [5.74, 6) is 0.806. The molecule has 0 aliphatic heterocycles. The second-order valence-corrected chi connectivity index (χ2v) is 5.39. The van der Waals surface area contributed by atoms with Crippen LogP contribution in [0.2, 0.25) is 5.15 Å². The van der Waals surface area contributed by atoms with Crippen LogP contribution in [-0.2, 0) is 13.5 Å². The smallest absolute Gasteiger partial charge is 0.130 e. The average Bonchev–Trinajstić information content (AvgIpc) is 2.65. The van der Waals surface area contributed by atoms with E-state index in [9.17, 15) is 0 Å². The monoisotopic (exact) mass is 293 g/mol. The van der Waals surface area contributed by atoms with Crippen molar-refractivity contribution >= 4 is 11.6 Å². The minimum absolute atomic E-state index is 0.176. The standard InChI is InChI=1S/C15H20ClN3O/c1-9-5-6-14(20-4)12(7-9)13(17)8-11-10(2)18-19(3)15(11)16/h5-7,13H,8,17H2,1-4H3. The summed E-state index contributed by atoms with van der Waals surface area (Å²) in [5.41, 5.74) is 10.4. The van der Waals surface area contributed by atoms with Crippen LogP contribution in [0.1, 0.15) is 28.4 Å². The van der Waals surface area contributed by atoms with Gasteiger partial charge in [-0.1, -0.05) is 29.3 Å². The Morgan fingerprint density at radius 3 is 2.65 bits per heavy atom. The van der Waals surface area contributed by atoms with E-state index in [0.29, 0.717) is 11.6 Å². The quantitative estimate of drug-likeness (QED) is 0.943. The van der Waals surface area contributed by atoms with E-state index in [1.165, 1.54) is 0 Å². The van der Waals surface area contributed by atoms with Crippen molar-refractivity contribution in [2.24, 2.45) is 12.8 Å². The molecular weight excluding hydrogens is 274 g/mol. The van der Waals surface area contributed by atoms with Crippen molar-refractivity contribution in [1.82, 2.24) is 9.78 Å². The first-order valence-electron chi connectivity index (χ1n) is 6.52. The molecule has 4 nitrogen and oxygen atoms in total. The van der Waals surface area contributed by atoms with Gasteiger partial charge in [-0.3, -0.25) is 4.68 Å². The first-order valence-corrected chi connectivity index (χ1v) is 6.90. The highest BCUT2D eigenvalue weighted by Crippen LogP contribution is 2.30. The Kier molecular flexibility index (Phi) is 4.35. The number of benzene rings is 1. The fraction of sp³-hybridized carbons (Fsp3) is 0.400. The van der Waals surface area contributed by atoms with E-state index in [-0.39, 0.29) is 6.04 Å². The molecule has 2 rings (SSSR count). The van der Waals surface area contributed by atoms with Gasteiger partial charge in [-0.15, -0.1) is 0 Å². The molecular formula is C15H20ClN3O. The lowest BCUT2D eigenvalue weighted by Gasteiger charge is -2.16. The summed E-state index contributed by atoms with van der Waals surface area (Å²) in [5, 5.41) is 4.96. The fourth-order valence-corrected chi connectivity index (χ4v) is 2.63. The highest BCUT2D eigenvalue weighted by molar-refractivity contribution is 6.30. The number of nitrogens with zero attached hydrogens (tertiary/aromatic N) is 2. The molecule has 1 aromatic carbocycles. The number of rotatable bonds is 4. The van der Waals surface area contributed by atoms with Crippen molar-refractivity contribution in [2.75, 3.05) is 7.11 Å². The SMILES string of the molecule is COc1ccc(C)cc1C(N)Cc1c(C)nn(C)c1Cl. The van der Waals surface area contributed by atoms with E-state index in [1.54, 1.807) is 11.8 Å². The maximum Gasteiger partial charge on any atom is 0.130 e. The van der Waals surface area contributed by atoms with Gasteiger partial charge in [0.05, 0.1) is 12.8 Å². The van der Waals surface area contributed by atoms with Crippen molar-refractivity contribution in [3.05, 3.63) is 45.7 Å². The highest BCUT2D eigenvalue weighted by Gasteiger charge is 2.18. The van der Waals surface area contributed by atoms with Gasteiger partial charge in [-0.2, -0.15) is 5.10 Å². The molecule has 2 aromatic rings. The van der Waals surface area contributed by atoms with Gasteiger partial charge < -0.3 is 10.5 Å². The van der Waals surface area contributed by atoms with Crippen LogP contribution in [0.5, 0.6) is 5.75 Å². The summed E-state index contributed by atoms with van der Waals surface area (Å²) in [6, 6.07) is 5.84. The Morgan fingerprint density at radius 2 is 2.10 bits per heavy atom. The van der Waals surface area contributed by atoms with E-state index in [4.69, 9.17) is 22.1 Å². The molecule has 1 heterocycles. The van der Waals surface area contributed by atoms with Gasteiger partial charge in [0.25, 0.3) is 0 Å². The number of hydrogen-bond donors (Lipinski definition) is 1. The van der Waals surface area contributed by atoms with Gasteiger partial charge >= 0.3 is 0 Å². The summed E-state index contributed by atoms with van der Waals surface area (Å²) in [6.45, 7) is 3.99. The van der Waals surface area contributed by atoms with Crippen molar-refractivity contribution in [2.45, 2.75) is 26.3 Å².